The Hall–Kier alpha value is -1.07. The molecule has 1 spiro atoms. The highest BCUT2D eigenvalue weighted by molar-refractivity contribution is 9.10. The van der Waals surface area contributed by atoms with Gasteiger partial charge in [-0.3, -0.25) is 0 Å². The van der Waals surface area contributed by atoms with Crippen LogP contribution in [0.1, 0.15) is 30.7 Å². The number of hydrogen-bond donors (Lipinski definition) is 1. The zero-order chi connectivity index (χ0) is 14.4. The van der Waals surface area contributed by atoms with Crippen LogP contribution < -0.4 is 5.32 Å². The Kier molecular flexibility index (Phi) is 3.23. The third kappa shape index (κ3) is 2.18. The van der Waals surface area contributed by atoms with Gasteiger partial charge in [-0.2, -0.15) is 0 Å². The van der Waals surface area contributed by atoms with Crippen molar-refractivity contribution in [1.82, 2.24) is 9.97 Å². The molecule has 0 bridgehead atoms. The number of anilines is 1. The first-order valence-corrected chi connectivity index (χ1v) is 8.99. The van der Waals surface area contributed by atoms with Crippen molar-refractivity contribution in [1.29, 1.82) is 0 Å². The lowest BCUT2D eigenvalue weighted by Gasteiger charge is -2.10. The molecule has 1 aromatic carbocycles. The van der Waals surface area contributed by atoms with Crippen molar-refractivity contribution >= 4 is 33.4 Å². The van der Waals surface area contributed by atoms with Crippen LogP contribution in [0.3, 0.4) is 0 Å². The number of nitrogens with one attached hydrogen (secondary N) is 1. The van der Waals surface area contributed by atoms with Gasteiger partial charge < -0.3 is 5.32 Å². The van der Waals surface area contributed by atoms with Crippen molar-refractivity contribution in [3.05, 3.63) is 46.5 Å². The van der Waals surface area contributed by atoms with Crippen molar-refractivity contribution in [3.63, 3.8) is 0 Å². The molecule has 1 aromatic heterocycles. The summed E-state index contributed by atoms with van der Waals surface area (Å²) in [6.07, 6.45) is 4.84. The molecular weight excluding hydrogens is 346 g/mol. The predicted octanol–water partition coefficient (Wildman–Crippen LogP) is 4.20. The van der Waals surface area contributed by atoms with Crippen LogP contribution in [-0.4, -0.2) is 22.3 Å². The Morgan fingerprint density at radius 1 is 1.38 bits per heavy atom. The summed E-state index contributed by atoms with van der Waals surface area (Å²) in [5.41, 5.74) is 2.96. The molecule has 5 heteroatoms. The zero-order valence-electron chi connectivity index (χ0n) is 11.8. The van der Waals surface area contributed by atoms with Gasteiger partial charge in [0, 0.05) is 40.9 Å². The van der Waals surface area contributed by atoms with Gasteiger partial charge in [0.05, 0.1) is 4.47 Å². The highest BCUT2D eigenvalue weighted by atomic mass is 79.9. The van der Waals surface area contributed by atoms with E-state index in [9.17, 15) is 0 Å². The predicted molar refractivity (Wildman–Crippen MR) is 90.1 cm³/mol. The standard InChI is InChI=1S/C16H16BrN3S/c1-2-21-11-3-4-12-14(5-11)20-9-16(12)6-13(16)15-18-7-10(17)8-19-15/h3-5,7-8,13,20H,2,6,9H2,1H3. The van der Waals surface area contributed by atoms with Gasteiger partial charge in [-0.1, -0.05) is 13.0 Å². The highest BCUT2D eigenvalue weighted by Gasteiger charge is 2.60. The van der Waals surface area contributed by atoms with Crippen LogP contribution in [0, 0.1) is 0 Å². The quantitative estimate of drug-likeness (QED) is 0.831. The average molecular weight is 362 g/mol. The largest absolute Gasteiger partial charge is 0.384 e. The Balaban J connectivity index is 1.64. The van der Waals surface area contributed by atoms with Crippen LogP contribution in [0.15, 0.2) is 40.0 Å². The van der Waals surface area contributed by atoms with E-state index in [2.05, 4.69) is 56.3 Å². The van der Waals surface area contributed by atoms with Gasteiger partial charge in [-0.25, -0.2) is 9.97 Å². The van der Waals surface area contributed by atoms with E-state index in [0.29, 0.717) is 5.92 Å². The molecule has 0 saturated heterocycles. The van der Waals surface area contributed by atoms with E-state index in [1.54, 1.807) is 0 Å². The fourth-order valence-corrected chi connectivity index (χ4v) is 4.25. The fraction of sp³-hybridized carbons (Fsp3) is 0.375. The van der Waals surface area contributed by atoms with E-state index >= 15 is 0 Å². The number of fused-ring (bicyclic) bond motifs is 2. The van der Waals surface area contributed by atoms with Crippen LogP contribution in [0.25, 0.3) is 0 Å². The summed E-state index contributed by atoms with van der Waals surface area (Å²) in [6.45, 7) is 3.20. The third-order valence-electron chi connectivity index (χ3n) is 4.46. The van der Waals surface area contributed by atoms with E-state index in [-0.39, 0.29) is 5.41 Å². The van der Waals surface area contributed by atoms with Gasteiger partial charge in [0.2, 0.25) is 0 Å². The maximum atomic E-state index is 4.49. The Morgan fingerprint density at radius 3 is 2.95 bits per heavy atom. The molecular formula is C16H16BrN3S. The van der Waals surface area contributed by atoms with Gasteiger partial charge in [0.25, 0.3) is 0 Å². The Bertz CT molecular complexity index is 688. The molecule has 108 valence electrons. The van der Waals surface area contributed by atoms with Crippen LogP contribution >= 0.6 is 27.7 Å². The molecule has 1 saturated carbocycles. The minimum absolute atomic E-state index is 0.221. The second kappa shape index (κ2) is 4.99. The summed E-state index contributed by atoms with van der Waals surface area (Å²) in [5.74, 6) is 2.53. The van der Waals surface area contributed by atoms with Gasteiger partial charge in [-0.05, 0) is 45.8 Å². The lowest BCUT2D eigenvalue weighted by molar-refractivity contribution is 0.716. The first-order valence-electron chi connectivity index (χ1n) is 7.21. The Labute approximate surface area is 137 Å². The molecule has 4 rings (SSSR count). The molecule has 2 aliphatic rings. The van der Waals surface area contributed by atoms with Gasteiger partial charge >= 0.3 is 0 Å². The first-order chi connectivity index (χ1) is 10.2. The van der Waals surface area contributed by atoms with Gasteiger partial charge in [0.15, 0.2) is 0 Å². The van der Waals surface area contributed by atoms with E-state index in [0.717, 1.165) is 29.0 Å². The Morgan fingerprint density at radius 2 is 2.19 bits per heavy atom. The fourth-order valence-electron chi connectivity index (χ4n) is 3.35. The number of aromatic nitrogens is 2. The molecule has 1 aliphatic heterocycles. The average Bonchev–Trinajstić information content (AvgIpc) is 3.10. The van der Waals surface area contributed by atoms with E-state index in [1.165, 1.54) is 16.1 Å². The molecule has 21 heavy (non-hydrogen) atoms. The number of rotatable bonds is 3. The van der Waals surface area contributed by atoms with Crippen LogP contribution in [0.5, 0.6) is 0 Å². The lowest BCUT2D eigenvalue weighted by Crippen LogP contribution is -2.13. The van der Waals surface area contributed by atoms with E-state index in [4.69, 9.17) is 0 Å². The topological polar surface area (TPSA) is 37.8 Å². The second-order valence-electron chi connectivity index (χ2n) is 5.67. The van der Waals surface area contributed by atoms with Crippen molar-refractivity contribution in [2.45, 2.75) is 29.6 Å². The summed E-state index contributed by atoms with van der Waals surface area (Å²) >= 11 is 5.29. The third-order valence-corrected chi connectivity index (χ3v) is 5.75. The molecule has 1 aliphatic carbocycles. The summed E-state index contributed by atoms with van der Waals surface area (Å²) in [6, 6.07) is 6.84. The van der Waals surface area contributed by atoms with E-state index < -0.39 is 0 Å². The first kappa shape index (κ1) is 13.6. The summed E-state index contributed by atoms with van der Waals surface area (Å²) < 4.78 is 0.937. The van der Waals surface area contributed by atoms with Crippen LogP contribution in [0.2, 0.25) is 0 Å². The SMILES string of the molecule is CCSc1ccc2c(c1)NCC21CC1c1ncc(Br)cn1. The summed E-state index contributed by atoms with van der Waals surface area (Å²) in [4.78, 5) is 10.3. The van der Waals surface area contributed by atoms with Crippen molar-refractivity contribution in [2.24, 2.45) is 0 Å². The van der Waals surface area contributed by atoms with Crippen molar-refractivity contribution in [2.75, 3.05) is 17.6 Å². The van der Waals surface area contributed by atoms with Crippen molar-refractivity contribution < 1.29 is 0 Å². The van der Waals surface area contributed by atoms with Gasteiger partial charge in [-0.15, -0.1) is 11.8 Å². The smallest absolute Gasteiger partial charge is 0.132 e. The maximum absolute atomic E-state index is 4.49. The molecule has 3 nitrogen and oxygen atoms in total. The molecule has 2 aromatic rings. The molecule has 0 radical (unpaired) electrons. The van der Waals surface area contributed by atoms with Crippen LogP contribution in [0.4, 0.5) is 5.69 Å². The number of nitrogens with zero attached hydrogens (tertiary/aromatic N) is 2. The molecule has 2 atom stereocenters. The number of benzene rings is 1. The molecule has 2 unspecified atom stereocenters. The maximum Gasteiger partial charge on any atom is 0.132 e. The zero-order valence-corrected chi connectivity index (χ0v) is 14.2. The lowest BCUT2D eigenvalue weighted by atomic mass is 9.95. The van der Waals surface area contributed by atoms with Crippen molar-refractivity contribution in [3.8, 4) is 0 Å². The number of halogens is 1. The van der Waals surface area contributed by atoms with Gasteiger partial charge in [0.1, 0.15) is 5.82 Å². The second-order valence-corrected chi connectivity index (χ2v) is 7.92. The minimum atomic E-state index is 0.221. The molecule has 0 amide bonds. The molecule has 1 N–H and O–H groups in total. The van der Waals surface area contributed by atoms with Crippen LogP contribution in [-0.2, 0) is 5.41 Å². The van der Waals surface area contributed by atoms with E-state index in [1.807, 2.05) is 24.2 Å². The highest BCUT2D eigenvalue weighted by Crippen LogP contribution is 2.63. The number of thioether (sulfide) groups is 1. The summed E-state index contributed by atoms with van der Waals surface area (Å²) in [5, 5.41) is 3.58. The number of hydrogen-bond acceptors (Lipinski definition) is 4. The molecule has 2 heterocycles. The minimum Gasteiger partial charge on any atom is -0.384 e. The normalized spacial score (nSPS) is 25.7. The summed E-state index contributed by atoms with van der Waals surface area (Å²) in [7, 11) is 0. The monoisotopic (exact) mass is 361 g/mol. The molecule has 1 fully saturated rings.